The van der Waals surface area contributed by atoms with E-state index in [1.807, 2.05) is 50.2 Å². The van der Waals surface area contributed by atoms with E-state index >= 15 is 8.78 Å². The molecular weight excluding hydrogens is 832 g/mol. The van der Waals surface area contributed by atoms with Gasteiger partial charge < -0.3 is 35.6 Å². The van der Waals surface area contributed by atoms with Crippen LogP contribution in [0.15, 0.2) is 78.4 Å². The van der Waals surface area contributed by atoms with Crippen LogP contribution in [0.5, 0.6) is 0 Å². The highest BCUT2D eigenvalue weighted by molar-refractivity contribution is 9.09. The molecule has 0 bridgehead atoms. The Bertz CT molecular complexity index is 1970. The number of ether oxygens (including phenoxy) is 2. The van der Waals surface area contributed by atoms with Crippen molar-refractivity contribution in [3.63, 3.8) is 0 Å². The highest BCUT2D eigenvalue weighted by Crippen LogP contribution is 2.71. The molecule has 10 atom stereocenters. The number of rotatable bonds is 10. The second-order valence-electron chi connectivity index (χ2n) is 15.9. The molecule has 4 fully saturated rings. The Morgan fingerprint density at radius 2 is 1.69 bits per heavy atom. The second kappa shape index (κ2) is 18.6. The van der Waals surface area contributed by atoms with Crippen LogP contribution in [-0.2, 0) is 39.9 Å². The van der Waals surface area contributed by atoms with Crippen LogP contribution >= 0.6 is 15.9 Å². The number of alkyl halides is 3. The molecule has 12 nitrogen and oxygen atoms in total. The molecule has 5 aliphatic rings. The third-order valence-electron chi connectivity index (χ3n) is 12.7. The summed E-state index contributed by atoms with van der Waals surface area (Å²) in [6, 6.07) is 16.9. The molecule has 6 unspecified atom stereocenters. The van der Waals surface area contributed by atoms with Crippen molar-refractivity contribution < 1.29 is 52.4 Å². The van der Waals surface area contributed by atoms with Gasteiger partial charge in [-0.3, -0.25) is 24.0 Å². The molecule has 0 aromatic heterocycles. The van der Waals surface area contributed by atoms with Crippen LogP contribution in [0.2, 0.25) is 0 Å². The SMILES string of the molecule is CC.CC(NC(=O)CBr)C(=O)NCC(=O)Nc1cccc(Cc2ccccc2)c1.CC12C=CC(=O)C=C1[C@@H](F)CC1C3C[C@H]4OCOC4(C(=O)CO)[C@@]3(C)CC(O)[C@@]12F. The number of fused-ring (bicyclic) bond motifs is 7. The van der Waals surface area contributed by atoms with Crippen molar-refractivity contribution >= 4 is 50.9 Å². The third-order valence-corrected chi connectivity index (χ3v) is 13.2. The van der Waals surface area contributed by atoms with Crippen molar-refractivity contribution in [2.75, 3.05) is 30.6 Å². The fourth-order valence-electron chi connectivity index (χ4n) is 9.99. The molecule has 0 radical (unpaired) electrons. The summed E-state index contributed by atoms with van der Waals surface area (Å²) in [6.45, 7) is 7.79. The number of benzene rings is 2. The monoisotopic (exact) mass is 885 g/mol. The largest absolute Gasteiger partial charge is 0.390 e. The zero-order valence-electron chi connectivity index (χ0n) is 33.9. The quantitative estimate of drug-likeness (QED) is 0.209. The Hall–Kier alpha value is -4.15. The van der Waals surface area contributed by atoms with Gasteiger partial charge in [-0.05, 0) is 86.4 Å². The summed E-state index contributed by atoms with van der Waals surface area (Å²) >= 11 is 3.01. The van der Waals surface area contributed by atoms with Crippen LogP contribution in [0.3, 0.4) is 0 Å². The topological polar surface area (TPSA) is 180 Å². The number of allylic oxidation sites excluding steroid dienone is 4. The molecule has 15 heteroatoms. The molecule has 3 amide bonds. The van der Waals surface area contributed by atoms with Gasteiger partial charge in [0.1, 0.15) is 25.6 Å². The lowest BCUT2D eigenvalue weighted by Gasteiger charge is -2.63. The van der Waals surface area contributed by atoms with Gasteiger partial charge in [-0.25, -0.2) is 8.78 Å². The molecule has 1 saturated heterocycles. The third kappa shape index (κ3) is 8.46. The number of Topliss-reactive ketones (excluding diaryl/α,β-unsaturated/α-hetero) is 1. The summed E-state index contributed by atoms with van der Waals surface area (Å²) in [5.74, 6) is -3.42. The van der Waals surface area contributed by atoms with Crippen molar-refractivity contribution in [2.24, 2.45) is 22.7 Å². The van der Waals surface area contributed by atoms with Gasteiger partial charge in [0.15, 0.2) is 22.8 Å². The van der Waals surface area contributed by atoms with Gasteiger partial charge in [-0.2, -0.15) is 0 Å². The normalized spacial score (nSPS) is 32.8. The minimum atomic E-state index is -2.22. The Balaban J connectivity index is 0.000000217. The minimum Gasteiger partial charge on any atom is -0.390 e. The van der Waals surface area contributed by atoms with Crippen LogP contribution < -0.4 is 16.0 Å². The number of aliphatic hydroxyl groups is 2. The lowest BCUT2D eigenvalue weighted by molar-refractivity contribution is -0.226. The number of nitrogens with one attached hydrogen (secondary N) is 3. The molecule has 320 valence electrons. The summed E-state index contributed by atoms with van der Waals surface area (Å²) in [7, 11) is 0. The smallest absolute Gasteiger partial charge is 0.243 e. The number of amides is 3. The van der Waals surface area contributed by atoms with Gasteiger partial charge in [0.2, 0.25) is 17.7 Å². The van der Waals surface area contributed by atoms with E-state index in [1.54, 1.807) is 19.9 Å². The zero-order chi connectivity index (χ0) is 43.3. The number of hydrogen-bond donors (Lipinski definition) is 5. The predicted molar refractivity (Wildman–Crippen MR) is 220 cm³/mol. The fourth-order valence-corrected chi connectivity index (χ4v) is 10.2. The first-order valence-electron chi connectivity index (χ1n) is 20.0. The van der Waals surface area contributed by atoms with Gasteiger partial charge in [0.25, 0.3) is 0 Å². The highest BCUT2D eigenvalue weighted by Gasteiger charge is 2.79. The van der Waals surface area contributed by atoms with Crippen LogP contribution in [0, 0.1) is 22.7 Å². The molecule has 7 rings (SSSR count). The van der Waals surface area contributed by atoms with E-state index in [2.05, 4.69) is 44.0 Å². The van der Waals surface area contributed by atoms with E-state index in [9.17, 15) is 34.2 Å². The van der Waals surface area contributed by atoms with E-state index in [1.165, 1.54) is 24.6 Å². The maximum absolute atomic E-state index is 17.0. The van der Waals surface area contributed by atoms with Crippen molar-refractivity contribution in [1.82, 2.24) is 10.6 Å². The van der Waals surface area contributed by atoms with Crippen LogP contribution in [0.25, 0.3) is 0 Å². The van der Waals surface area contributed by atoms with Crippen molar-refractivity contribution in [3.8, 4) is 0 Å². The van der Waals surface area contributed by atoms with E-state index in [0.29, 0.717) is 5.69 Å². The molecule has 0 spiro atoms. The summed E-state index contributed by atoms with van der Waals surface area (Å²) in [5, 5.41) is 28.7. The van der Waals surface area contributed by atoms with Crippen LogP contribution in [-0.4, -0.2) is 100 Å². The van der Waals surface area contributed by atoms with Gasteiger partial charge >= 0.3 is 0 Å². The van der Waals surface area contributed by atoms with Crippen LogP contribution in [0.4, 0.5) is 14.5 Å². The van der Waals surface area contributed by atoms with Crippen molar-refractivity contribution in [3.05, 3.63) is 89.5 Å². The van der Waals surface area contributed by atoms with Gasteiger partial charge in [0.05, 0.1) is 24.1 Å². The van der Waals surface area contributed by atoms with Gasteiger partial charge in [-0.1, -0.05) is 85.2 Å². The first kappa shape index (κ1) is 45.9. The summed E-state index contributed by atoms with van der Waals surface area (Å²) in [4.78, 5) is 59.9. The van der Waals surface area contributed by atoms with E-state index in [-0.39, 0.29) is 55.3 Å². The number of ketones is 2. The Labute approximate surface area is 351 Å². The first-order chi connectivity index (χ1) is 28.0. The minimum absolute atomic E-state index is 0.0586. The summed E-state index contributed by atoms with van der Waals surface area (Å²) in [6.07, 6.45) is 0.752. The Morgan fingerprint density at radius 3 is 2.37 bits per heavy atom. The number of hydrogen-bond acceptors (Lipinski definition) is 9. The van der Waals surface area contributed by atoms with Crippen molar-refractivity contribution in [1.29, 1.82) is 0 Å². The van der Waals surface area contributed by atoms with Gasteiger partial charge in [0, 0.05) is 22.4 Å². The average molecular weight is 887 g/mol. The van der Waals surface area contributed by atoms with Gasteiger partial charge in [-0.15, -0.1) is 0 Å². The van der Waals surface area contributed by atoms with E-state index in [4.69, 9.17) is 9.47 Å². The second-order valence-corrected chi connectivity index (χ2v) is 16.4. The molecule has 2 aromatic rings. The molecule has 2 aromatic carbocycles. The summed E-state index contributed by atoms with van der Waals surface area (Å²) < 4.78 is 43.8. The Morgan fingerprint density at radius 1 is 1.00 bits per heavy atom. The van der Waals surface area contributed by atoms with E-state index < -0.39 is 82.4 Å². The molecule has 59 heavy (non-hydrogen) atoms. The number of halogens is 3. The van der Waals surface area contributed by atoms with Crippen molar-refractivity contribution in [2.45, 2.75) is 96.0 Å². The molecular formula is C44H54BrF2N3O9. The first-order valence-corrected chi connectivity index (χ1v) is 21.1. The predicted octanol–water partition coefficient (Wildman–Crippen LogP) is 4.85. The van der Waals surface area contributed by atoms with E-state index in [0.717, 1.165) is 18.1 Å². The standard InChI is InChI=1S/C22H26F2O6.C20H22BrN3O3.C2H6/c1-19-4-3-11(26)5-14(19)15(23)6-13-12-7-18-22(17(28)9-25,30-10-29-18)20(12,2)8-16(27)21(13,19)24;1-14(23-18(25)12-21)20(27)22-13-19(26)24-17-9-5-8-16(11-17)10-15-6-3-2-4-7-15;1-2/h3-5,12-13,15-16,18,25,27H,6-10H2,1-2H3;2-9,11,14H,10,12-13H2,1H3,(H,22,27)(H,23,25)(H,24,26);1-2H3/t12?,13?,15-,16?,18+,19?,20-,21-,22?;;/m0../s1. The maximum atomic E-state index is 17.0. The lowest BCUT2D eigenvalue weighted by atomic mass is 9.44. The van der Waals surface area contributed by atoms with Crippen LogP contribution in [0.1, 0.15) is 65.0 Å². The average Bonchev–Trinajstić information content (AvgIpc) is 3.76. The Kier molecular flexibility index (Phi) is 14.5. The number of aliphatic hydroxyl groups excluding tert-OH is 2. The zero-order valence-corrected chi connectivity index (χ0v) is 35.5. The molecule has 1 heterocycles. The maximum Gasteiger partial charge on any atom is 0.243 e. The molecule has 3 saturated carbocycles. The molecule has 5 N–H and O–H groups in total. The highest BCUT2D eigenvalue weighted by atomic mass is 79.9. The number of anilines is 1. The number of carbonyl (C=O) groups is 5. The molecule has 1 aliphatic heterocycles. The number of carbonyl (C=O) groups excluding carboxylic acids is 5. The summed E-state index contributed by atoms with van der Waals surface area (Å²) in [5.41, 5.74) is -3.22. The lowest BCUT2D eigenvalue weighted by Crippen LogP contribution is -2.70. The fraction of sp³-hybridized carbons (Fsp3) is 0.523. The molecule has 4 aliphatic carbocycles.